The van der Waals surface area contributed by atoms with E-state index in [1.54, 1.807) is 12.5 Å². The predicted octanol–water partition coefficient (Wildman–Crippen LogP) is 1.82. The molecule has 0 fully saturated rings. The summed E-state index contributed by atoms with van der Waals surface area (Å²) in [6.45, 7) is 0.441. The Balaban J connectivity index is 1.98. The molecule has 0 bridgehead atoms. The molecule has 4 nitrogen and oxygen atoms in total. The van der Waals surface area contributed by atoms with Gasteiger partial charge in [-0.15, -0.1) is 0 Å². The number of nitrogens with two attached hydrogens (primary N) is 1. The average Bonchev–Trinajstić information content (AvgIpc) is 2.79. The first kappa shape index (κ1) is 10.2. The Morgan fingerprint density at radius 3 is 3.07 bits per heavy atom. The number of hydrogen-bond acceptors (Lipinski definition) is 5. The second kappa shape index (κ2) is 4.95. The third-order valence-electron chi connectivity index (χ3n) is 1.82. The minimum atomic E-state index is 0.441. The van der Waals surface area contributed by atoms with E-state index in [0.29, 0.717) is 6.54 Å². The van der Waals surface area contributed by atoms with Crippen LogP contribution in [0.1, 0.15) is 11.5 Å². The molecule has 78 valence electrons. The lowest BCUT2D eigenvalue weighted by Gasteiger charge is -1.99. The van der Waals surface area contributed by atoms with Crippen molar-refractivity contribution < 1.29 is 4.42 Å². The highest BCUT2D eigenvalue weighted by atomic mass is 32.2. The lowest BCUT2D eigenvalue weighted by Crippen LogP contribution is -2.00. The van der Waals surface area contributed by atoms with Crippen LogP contribution in [0.25, 0.3) is 0 Å². The van der Waals surface area contributed by atoms with Crippen molar-refractivity contribution >= 4 is 11.8 Å². The molecule has 0 unspecified atom stereocenters. The summed E-state index contributed by atoms with van der Waals surface area (Å²) in [5, 5.41) is 0.731. The fourth-order valence-electron chi connectivity index (χ4n) is 1.09. The molecule has 0 aliphatic carbocycles. The van der Waals surface area contributed by atoms with Crippen LogP contribution in [0.3, 0.4) is 0 Å². The second-order valence-electron chi connectivity index (χ2n) is 2.90. The Labute approximate surface area is 91.9 Å². The van der Waals surface area contributed by atoms with Gasteiger partial charge in [0.25, 0.3) is 0 Å². The third-order valence-corrected chi connectivity index (χ3v) is 2.71. The Morgan fingerprint density at radius 2 is 2.33 bits per heavy atom. The van der Waals surface area contributed by atoms with Crippen LogP contribution in [0.15, 0.2) is 40.2 Å². The summed E-state index contributed by atoms with van der Waals surface area (Å²) < 4.78 is 5.21. The topological polar surface area (TPSA) is 64.9 Å². The highest BCUT2D eigenvalue weighted by molar-refractivity contribution is 7.98. The molecule has 0 aliphatic rings. The summed E-state index contributed by atoms with van der Waals surface area (Å²) in [7, 11) is 0. The van der Waals surface area contributed by atoms with Gasteiger partial charge in [-0.25, -0.2) is 9.97 Å². The van der Waals surface area contributed by atoms with E-state index in [4.69, 9.17) is 10.2 Å². The monoisotopic (exact) mass is 221 g/mol. The van der Waals surface area contributed by atoms with Crippen LogP contribution >= 0.6 is 11.8 Å². The van der Waals surface area contributed by atoms with Gasteiger partial charge in [-0.3, -0.25) is 0 Å². The first-order chi connectivity index (χ1) is 7.38. The molecule has 15 heavy (non-hydrogen) atoms. The minimum Gasteiger partial charge on any atom is -0.468 e. The van der Waals surface area contributed by atoms with Gasteiger partial charge in [0.05, 0.1) is 17.7 Å². The highest BCUT2D eigenvalue weighted by Gasteiger charge is 2.01. The first-order valence-electron chi connectivity index (χ1n) is 4.55. The zero-order chi connectivity index (χ0) is 10.5. The quantitative estimate of drug-likeness (QED) is 0.630. The third kappa shape index (κ3) is 2.81. The standard InChI is InChI=1S/C10H11N3OS/c11-6-8-3-4-12-10(13-8)15-7-9-2-1-5-14-9/h1-5H,6-7,11H2. The lowest BCUT2D eigenvalue weighted by molar-refractivity contribution is 0.530. The second-order valence-corrected chi connectivity index (χ2v) is 3.85. The SMILES string of the molecule is NCc1ccnc(SCc2ccco2)n1. The van der Waals surface area contributed by atoms with E-state index in [1.165, 1.54) is 11.8 Å². The van der Waals surface area contributed by atoms with E-state index >= 15 is 0 Å². The van der Waals surface area contributed by atoms with Crippen LogP contribution in [0.2, 0.25) is 0 Å². The zero-order valence-corrected chi connectivity index (χ0v) is 8.91. The molecule has 2 N–H and O–H groups in total. The minimum absolute atomic E-state index is 0.441. The molecular formula is C10H11N3OS. The number of furan rings is 1. The van der Waals surface area contributed by atoms with Crippen molar-refractivity contribution in [2.75, 3.05) is 0 Å². The molecule has 0 aliphatic heterocycles. The van der Waals surface area contributed by atoms with Crippen LogP contribution in [0.5, 0.6) is 0 Å². The summed E-state index contributed by atoms with van der Waals surface area (Å²) in [5.41, 5.74) is 6.35. The maximum Gasteiger partial charge on any atom is 0.188 e. The summed E-state index contributed by atoms with van der Waals surface area (Å²) in [4.78, 5) is 8.42. The van der Waals surface area contributed by atoms with Gasteiger partial charge in [-0.1, -0.05) is 11.8 Å². The van der Waals surface area contributed by atoms with Crippen molar-refractivity contribution in [3.8, 4) is 0 Å². The Hall–Kier alpha value is -1.33. The Morgan fingerprint density at radius 1 is 1.40 bits per heavy atom. The van der Waals surface area contributed by atoms with Crippen LogP contribution < -0.4 is 5.73 Å². The van der Waals surface area contributed by atoms with Gasteiger partial charge in [0.2, 0.25) is 0 Å². The lowest BCUT2D eigenvalue weighted by atomic mass is 10.4. The highest BCUT2D eigenvalue weighted by Crippen LogP contribution is 2.18. The smallest absolute Gasteiger partial charge is 0.188 e. The Kier molecular flexibility index (Phi) is 3.37. The van der Waals surface area contributed by atoms with Gasteiger partial charge in [0.15, 0.2) is 5.16 Å². The molecule has 5 heteroatoms. The molecule has 0 amide bonds. The molecule has 0 saturated heterocycles. The Bertz CT molecular complexity index is 416. The zero-order valence-electron chi connectivity index (χ0n) is 8.09. The van der Waals surface area contributed by atoms with Gasteiger partial charge in [0, 0.05) is 12.7 Å². The van der Waals surface area contributed by atoms with E-state index in [-0.39, 0.29) is 0 Å². The largest absolute Gasteiger partial charge is 0.468 e. The van der Waals surface area contributed by atoms with Gasteiger partial charge >= 0.3 is 0 Å². The van der Waals surface area contributed by atoms with Crippen molar-refractivity contribution in [3.63, 3.8) is 0 Å². The predicted molar refractivity (Wildman–Crippen MR) is 58.2 cm³/mol. The molecule has 2 aromatic heterocycles. The van der Waals surface area contributed by atoms with E-state index in [9.17, 15) is 0 Å². The molecule has 0 spiro atoms. The summed E-state index contributed by atoms with van der Waals surface area (Å²) in [6.07, 6.45) is 3.38. The normalized spacial score (nSPS) is 10.5. The van der Waals surface area contributed by atoms with Crippen LogP contribution in [-0.4, -0.2) is 9.97 Å². The number of hydrogen-bond donors (Lipinski definition) is 1. The average molecular weight is 221 g/mol. The fourth-order valence-corrected chi connectivity index (χ4v) is 1.84. The van der Waals surface area contributed by atoms with Crippen LogP contribution in [-0.2, 0) is 12.3 Å². The van der Waals surface area contributed by atoms with Gasteiger partial charge < -0.3 is 10.2 Å². The van der Waals surface area contributed by atoms with E-state index in [0.717, 1.165) is 22.4 Å². The number of aromatic nitrogens is 2. The van der Waals surface area contributed by atoms with E-state index in [1.807, 2.05) is 18.2 Å². The van der Waals surface area contributed by atoms with Crippen LogP contribution in [0, 0.1) is 0 Å². The van der Waals surface area contributed by atoms with E-state index in [2.05, 4.69) is 9.97 Å². The van der Waals surface area contributed by atoms with Crippen molar-refractivity contribution in [2.24, 2.45) is 5.73 Å². The van der Waals surface area contributed by atoms with Gasteiger partial charge in [-0.05, 0) is 18.2 Å². The van der Waals surface area contributed by atoms with Crippen molar-refractivity contribution in [2.45, 2.75) is 17.5 Å². The van der Waals surface area contributed by atoms with Gasteiger partial charge in [0.1, 0.15) is 5.76 Å². The molecular weight excluding hydrogens is 210 g/mol. The van der Waals surface area contributed by atoms with Gasteiger partial charge in [-0.2, -0.15) is 0 Å². The summed E-state index contributed by atoms with van der Waals surface area (Å²) >= 11 is 1.54. The number of rotatable bonds is 4. The summed E-state index contributed by atoms with van der Waals surface area (Å²) in [6, 6.07) is 5.61. The number of nitrogens with zero attached hydrogens (tertiary/aromatic N) is 2. The molecule has 0 radical (unpaired) electrons. The van der Waals surface area contributed by atoms with Crippen molar-refractivity contribution in [3.05, 3.63) is 42.1 Å². The summed E-state index contributed by atoms with van der Waals surface area (Å²) in [5.74, 6) is 1.66. The number of thioether (sulfide) groups is 1. The molecule has 0 saturated carbocycles. The molecule has 0 aromatic carbocycles. The fraction of sp³-hybridized carbons (Fsp3) is 0.200. The molecule has 2 rings (SSSR count). The molecule has 0 atom stereocenters. The van der Waals surface area contributed by atoms with Crippen molar-refractivity contribution in [1.29, 1.82) is 0 Å². The maximum atomic E-state index is 5.49. The first-order valence-corrected chi connectivity index (χ1v) is 5.54. The molecule has 2 aromatic rings. The molecule has 2 heterocycles. The van der Waals surface area contributed by atoms with Crippen LogP contribution in [0.4, 0.5) is 0 Å². The van der Waals surface area contributed by atoms with Crippen molar-refractivity contribution in [1.82, 2.24) is 9.97 Å². The van der Waals surface area contributed by atoms with E-state index < -0.39 is 0 Å². The maximum absolute atomic E-state index is 5.49.